The van der Waals surface area contributed by atoms with Gasteiger partial charge in [0.25, 0.3) is 15.7 Å². The Morgan fingerprint density at radius 3 is 2.60 bits per heavy atom. The molecule has 0 amide bonds. The second-order valence-corrected chi connectivity index (χ2v) is 7.70. The molecule has 1 saturated heterocycles. The van der Waals surface area contributed by atoms with Crippen LogP contribution in [0.5, 0.6) is 0 Å². The largest absolute Gasteiger partial charge is 0.387 e. The third-order valence-electron chi connectivity index (χ3n) is 3.39. The van der Waals surface area contributed by atoms with E-state index in [1.165, 1.54) is 11.1 Å². The van der Waals surface area contributed by atoms with E-state index in [0.29, 0.717) is 4.09 Å². The Hall–Kier alpha value is -1.02. The van der Waals surface area contributed by atoms with E-state index >= 15 is 0 Å². The van der Waals surface area contributed by atoms with Crippen molar-refractivity contribution in [1.82, 2.24) is 8.65 Å². The number of hydrogen-bond donors (Lipinski definition) is 2. The highest BCUT2D eigenvalue weighted by atomic mass is 79.9. The zero-order chi connectivity index (χ0) is 18.9. The molecule has 2 heterocycles. The molecule has 2 unspecified atom stereocenters. The van der Waals surface area contributed by atoms with E-state index < -0.39 is 52.5 Å². The lowest BCUT2D eigenvalue weighted by Gasteiger charge is -2.18. The summed E-state index contributed by atoms with van der Waals surface area (Å²) in [6, 6.07) is 0. The van der Waals surface area contributed by atoms with Gasteiger partial charge in [-0.2, -0.15) is 12.5 Å². The number of rotatable bonds is 5. The minimum absolute atomic E-state index is 0.00704. The van der Waals surface area contributed by atoms with Crippen LogP contribution in [0.15, 0.2) is 20.8 Å². The quantitative estimate of drug-likeness (QED) is 0.531. The number of aliphatic hydroxyl groups is 2. The standard InChI is InChI=1S/C12H14BrClN2O8S/c1-25(21,22)23-5-7-8(17)9(18)11(24-7)15-4-6(2-3-13)10(19)16(14)12(15)20/h2-4,7-9,11,17-18H,5H2,1H3/b3-2+/t7-,8?,9?,11-/m0/s1. The van der Waals surface area contributed by atoms with Crippen LogP contribution in [0.25, 0.3) is 6.08 Å². The van der Waals surface area contributed by atoms with Gasteiger partial charge in [0.05, 0.1) is 18.4 Å². The topological polar surface area (TPSA) is 137 Å². The van der Waals surface area contributed by atoms with Crippen LogP contribution in [-0.2, 0) is 19.0 Å². The van der Waals surface area contributed by atoms with Crippen LogP contribution in [0.2, 0.25) is 0 Å². The minimum atomic E-state index is -3.79. The van der Waals surface area contributed by atoms with Crippen LogP contribution in [0.4, 0.5) is 0 Å². The molecule has 0 spiro atoms. The molecule has 1 aliphatic rings. The molecule has 1 fully saturated rings. The highest BCUT2D eigenvalue weighted by Gasteiger charge is 2.45. The molecular weight excluding hydrogens is 448 g/mol. The Bertz CT molecular complexity index is 895. The lowest BCUT2D eigenvalue weighted by Crippen LogP contribution is -2.41. The van der Waals surface area contributed by atoms with Gasteiger partial charge in [0.2, 0.25) is 0 Å². The Balaban J connectivity index is 2.39. The summed E-state index contributed by atoms with van der Waals surface area (Å²) in [5.41, 5.74) is -1.78. The first kappa shape index (κ1) is 20.3. The first-order chi connectivity index (χ1) is 11.6. The SMILES string of the molecule is CS(=O)(=O)OC[C@@H]1O[C@H](n2cc(/C=C/Br)c(=O)n(Cl)c2=O)C(O)C1O. The van der Waals surface area contributed by atoms with Gasteiger partial charge in [0.15, 0.2) is 6.23 Å². The van der Waals surface area contributed by atoms with Crippen LogP contribution < -0.4 is 11.2 Å². The summed E-state index contributed by atoms with van der Waals surface area (Å²) in [6.45, 7) is -0.559. The zero-order valence-corrected chi connectivity index (χ0v) is 15.8. The predicted octanol–water partition coefficient (Wildman–Crippen LogP) is -1.03. The molecule has 25 heavy (non-hydrogen) atoms. The van der Waals surface area contributed by atoms with Gasteiger partial charge in [-0.3, -0.25) is 13.5 Å². The molecule has 0 radical (unpaired) electrons. The van der Waals surface area contributed by atoms with Crippen LogP contribution in [0.1, 0.15) is 11.8 Å². The second kappa shape index (κ2) is 7.70. The van der Waals surface area contributed by atoms with E-state index in [2.05, 4.69) is 20.1 Å². The number of aromatic nitrogens is 2. The summed E-state index contributed by atoms with van der Waals surface area (Å²) in [4.78, 5) is 25.4. The maximum atomic E-state index is 12.2. The number of aliphatic hydroxyl groups excluding tert-OH is 2. The van der Waals surface area contributed by atoms with Crippen molar-refractivity contribution in [2.75, 3.05) is 12.9 Å². The van der Waals surface area contributed by atoms with Crippen molar-refractivity contribution in [2.24, 2.45) is 0 Å². The van der Waals surface area contributed by atoms with E-state index in [1.807, 2.05) is 0 Å². The van der Waals surface area contributed by atoms with Crippen molar-refractivity contribution in [3.05, 3.63) is 37.6 Å². The second-order valence-electron chi connectivity index (χ2n) is 5.19. The predicted molar refractivity (Wildman–Crippen MR) is 90.9 cm³/mol. The molecule has 13 heteroatoms. The third-order valence-corrected chi connectivity index (χ3v) is 4.52. The molecule has 140 valence electrons. The first-order valence-corrected chi connectivity index (χ1v) is 9.81. The average molecular weight is 462 g/mol. The van der Waals surface area contributed by atoms with E-state index in [4.69, 9.17) is 16.5 Å². The van der Waals surface area contributed by atoms with Crippen molar-refractivity contribution in [2.45, 2.75) is 24.5 Å². The molecule has 0 bridgehead atoms. The molecule has 4 atom stereocenters. The summed E-state index contributed by atoms with van der Waals surface area (Å²) in [7, 11) is -3.79. The lowest BCUT2D eigenvalue weighted by molar-refractivity contribution is -0.0510. The molecule has 0 aliphatic carbocycles. The summed E-state index contributed by atoms with van der Waals surface area (Å²) in [5.74, 6) is 0. The molecule has 10 nitrogen and oxygen atoms in total. The number of ether oxygens (including phenoxy) is 1. The molecule has 0 aromatic carbocycles. The fourth-order valence-electron chi connectivity index (χ4n) is 2.21. The Morgan fingerprint density at radius 2 is 2.04 bits per heavy atom. The lowest BCUT2D eigenvalue weighted by atomic mass is 10.1. The fourth-order valence-corrected chi connectivity index (χ4v) is 3.06. The molecular formula is C12H14BrClN2O8S. The average Bonchev–Trinajstić information content (AvgIpc) is 2.81. The van der Waals surface area contributed by atoms with E-state index in [0.717, 1.165) is 17.0 Å². The van der Waals surface area contributed by atoms with Gasteiger partial charge in [-0.15, -0.1) is 0 Å². The molecule has 1 aliphatic heterocycles. The Kier molecular flexibility index (Phi) is 6.25. The molecule has 2 N–H and O–H groups in total. The number of hydrogen-bond acceptors (Lipinski definition) is 8. The van der Waals surface area contributed by atoms with Gasteiger partial charge in [0.1, 0.15) is 18.3 Å². The smallest absolute Gasteiger partial charge is 0.348 e. The molecule has 0 saturated carbocycles. The van der Waals surface area contributed by atoms with Crippen LogP contribution in [0.3, 0.4) is 0 Å². The summed E-state index contributed by atoms with van der Waals surface area (Å²) < 4.78 is 33.1. The number of halogens is 2. The van der Waals surface area contributed by atoms with E-state index in [9.17, 15) is 28.2 Å². The van der Waals surface area contributed by atoms with Crippen LogP contribution in [-0.4, -0.2) is 58.5 Å². The third kappa shape index (κ3) is 4.39. The zero-order valence-electron chi connectivity index (χ0n) is 12.7. The summed E-state index contributed by atoms with van der Waals surface area (Å²) in [5, 5.41) is 20.1. The van der Waals surface area contributed by atoms with E-state index in [-0.39, 0.29) is 5.56 Å². The number of nitrogens with zero attached hydrogens (tertiary/aromatic N) is 2. The summed E-state index contributed by atoms with van der Waals surface area (Å²) in [6.07, 6.45) is -2.49. The van der Waals surface area contributed by atoms with Gasteiger partial charge in [-0.25, -0.2) is 4.79 Å². The maximum absolute atomic E-state index is 12.2. The molecule has 1 aromatic heterocycles. The van der Waals surface area contributed by atoms with Crippen molar-refractivity contribution >= 4 is 43.9 Å². The van der Waals surface area contributed by atoms with Gasteiger partial charge in [0, 0.05) is 18.0 Å². The van der Waals surface area contributed by atoms with Gasteiger partial charge >= 0.3 is 5.69 Å². The first-order valence-electron chi connectivity index (χ1n) is 6.74. The molecule has 1 aromatic rings. The highest BCUT2D eigenvalue weighted by molar-refractivity contribution is 9.11. The minimum Gasteiger partial charge on any atom is -0.387 e. The normalized spacial score (nSPS) is 27.2. The van der Waals surface area contributed by atoms with Crippen molar-refractivity contribution in [3.8, 4) is 0 Å². The Morgan fingerprint density at radius 1 is 1.40 bits per heavy atom. The highest BCUT2D eigenvalue weighted by Crippen LogP contribution is 2.29. The fraction of sp³-hybridized carbons (Fsp3) is 0.500. The van der Waals surface area contributed by atoms with Gasteiger partial charge in [-0.05, 0) is 11.1 Å². The van der Waals surface area contributed by atoms with Gasteiger partial charge < -0.3 is 14.9 Å². The molecule has 2 rings (SSSR count). The van der Waals surface area contributed by atoms with Crippen LogP contribution in [0, 0.1) is 0 Å². The van der Waals surface area contributed by atoms with E-state index in [1.54, 1.807) is 0 Å². The Labute approximate surface area is 155 Å². The van der Waals surface area contributed by atoms with Gasteiger partial charge in [-0.1, -0.05) is 15.9 Å². The van der Waals surface area contributed by atoms with Crippen molar-refractivity contribution in [1.29, 1.82) is 0 Å². The monoisotopic (exact) mass is 460 g/mol. The van der Waals surface area contributed by atoms with Crippen molar-refractivity contribution in [3.63, 3.8) is 0 Å². The van der Waals surface area contributed by atoms with Crippen LogP contribution >= 0.6 is 27.7 Å². The maximum Gasteiger partial charge on any atom is 0.348 e. The van der Waals surface area contributed by atoms with Crippen molar-refractivity contribution < 1.29 is 27.6 Å². The summed E-state index contributed by atoms with van der Waals surface area (Å²) >= 11 is 8.65.